The maximum Gasteiger partial charge on any atom is 0.416 e. The van der Waals surface area contributed by atoms with Gasteiger partial charge in [0.2, 0.25) is 5.91 Å². The van der Waals surface area contributed by atoms with Crippen molar-refractivity contribution >= 4 is 11.9 Å². The van der Waals surface area contributed by atoms with E-state index in [-0.39, 0.29) is 37.5 Å². The van der Waals surface area contributed by atoms with Gasteiger partial charge in [0.1, 0.15) is 0 Å². The van der Waals surface area contributed by atoms with Crippen molar-refractivity contribution in [2.24, 2.45) is 0 Å². The zero-order valence-electron chi connectivity index (χ0n) is 15.5. The molecule has 6 nitrogen and oxygen atoms in total. The van der Waals surface area contributed by atoms with Gasteiger partial charge in [0, 0.05) is 19.6 Å². The number of rotatable bonds is 8. The van der Waals surface area contributed by atoms with Gasteiger partial charge in [-0.3, -0.25) is 4.79 Å². The number of halogens is 3. The van der Waals surface area contributed by atoms with Gasteiger partial charge in [0.25, 0.3) is 0 Å². The number of alkyl halides is 3. The van der Waals surface area contributed by atoms with Crippen LogP contribution in [0.25, 0.3) is 0 Å². The Bertz CT molecular complexity index is 813. The summed E-state index contributed by atoms with van der Waals surface area (Å²) in [6.45, 7) is 0.120. The minimum absolute atomic E-state index is 0.0494. The van der Waals surface area contributed by atoms with Crippen molar-refractivity contribution in [1.29, 1.82) is 0 Å². The van der Waals surface area contributed by atoms with E-state index in [2.05, 4.69) is 16.0 Å². The lowest BCUT2D eigenvalue weighted by atomic mass is 10.1. The maximum atomic E-state index is 12.7. The zero-order valence-corrected chi connectivity index (χ0v) is 15.5. The van der Waals surface area contributed by atoms with Crippen molar-refractivity contribution in [3.05, 3.63) is 71.3 Å². The fourth-order valence-electron chi connectivity index (χ4n) is 2.51. The Labute approximate surface area is 166 Å². The summed E-state index contributed by atoms with van der Waals surface area (Å²) in [6.07, 6.45) is -5.56. The van der Waals surface area contributed by atoms with Crippen LogP contribution in [-0.4, -0.2) is 36.7 Å². The summed E-state index contributed by atoms with van der Waals surface area (Å²) >= 11 is 0. The van der Waals surface area contributed by atoms with Crippen LogP contribution in [0, 0.1) is 0 Å². The van der Waals surface area contributed by atoms with Crippen molar-refractivity contribution in [3.63, 3.8) is 0 Å². The standard InChI is InChI=1S/C20H22F3N3O3/c21-20(22,23)16-8-4-7-15(12-16)17(27)13-26-19(29)25-10-9-24-18(28)11-14-5-2-1-3-6-14/h1-8,12,17,27H,9-11,13H2,(H,24,28)(H2,25,26,29). The lowest BCUT2D eigenvalue weighted by molar-refractivity contribution is -0.137. The highest BCUT2D eigenvalue weighted by molar-refractivity contribution is 5.78. The fraction of sp³-hybridized carbons (Fsp3) is 0.300. The third-order valence-corrected chi connectivity index (χ3v) is 3.99. The third kappa shape index (κ3) is 7.82. The van der Waals surface area contributed by atoms with Crippen molar-refractivity contribution in [3.8, 4) is 0 Å². The molecule has 0 aliphatic rings. The molecule has 0 radical (unpaired) electrons. The number of carbonyl (C=O) groups is 2. The van der Waals surface area contributed by atoms with Crippen LogP contribution in [0.2, 0.25) is 0 Å². The minimum Gasteiger partial charge on any atom is -0.387 e. The van der Waals surface area contributed by atoms with Gasteiger partial charge in [-0.05, 0) is 23.3 Å². The molecule has 1 atom stereocenters. The lowest BCUT2D eigenvalue weighted by Crippen LogP contribution is -2.41. The summed E-state index contributed by atoms with van der Waals surface area (Å²) in [4.78, 5) is 23.5. The molecule has 2 rings (SSSR count). The first kappa shape index (κ1) is 22.2. The first-order valence-corrected chi connectivity index (χ1v) is 8.93. The van der Waals surface area contributed by atoms with Crippen LogP contribution in [0.3, 0.4) is 0 Å². The Kier molecular flexibility index (Phi) is 8.02. The van der Waals surface area contributed by atoms with E-state index in [0.717, 1.165) is 17.7 Å². The summed E-state index contributed by atoms with van der Waals surface area (Å²) in [5.41, 5.74) is 0.0531. The average molecular weight is 409 g/mol. The molecule has 3 amide bonds. The van der Waals surface area contributed by atoms with Gasteiger partial charge in [-0.2, -0.15) is 13.2 Å². The quantitative estimate of drug-likeness (QED) is 0.505. The molecule has 0 aliphatic carbocycles. The number of hydrogen-bond acceptors (Lipinski definition) is 3. The van der Waals surface area contributed by atoms with Crippen molar-refractivity contribution in [2.75, 3.05) is 19.6 Å². The number of nitrogens with one attached hydrogen (secondary N) is 3. The van der Waals surface area contributed by atoms with E-state index in [4.69, 9.17) is 0 Å². The molecule has 0 bridgehead atoms. The normalized spacial score (nSPS) is 12.1. The predicted molar refractivity (Wildman–Crippen MR) is 101 cm³/mol. The second-order valence-electron chi connectivity index (χ2n) is 6.29. The smallest absolute Gasteiger partial charge is 0.387 e. The summed E-state index contributed by atoms with van der Waals surface area (Å²) in [5.74, 6) is -0.182. The second kappa shape index (κ2) is 10.5. The van der Waals surface area contributed by atoms with Gasteiger partial charge in [-0.15, -0.1) is 0 Å². The Balaban J connectivity index is 1.66. The molecular formula is C20H22F3N3O3. The van der Waals surface area contributed by atoms with Gasteiger partial charge in [0.15, 0.2) is 0 Å². The largest absolute Gasteiger partial charge is 0.416 e. The second-order valence-corrected chi connectivity index (χ2v) is 6.29. The maximum absolute atomic E-state index is 12.7. The Morgan fingerprint density at radius 3 is 2.31 bits per heavy atom. The first-order chi connectivity index (χ1) is 13.8. The first-order valence-electron chi connectivity index (χ1n) is 8.93. The van der Waals surface area contributed by atoms with E-state index in [0.29, 0.717) is 0 Å². The Hall–Kier alpha value is -3.07. The molecule has 0 heterocycles. The Morgan fingerprint density at radius 1 is 0.931 bits per heavy atom. The van der Waals surface area contributed by atoms with E-state index in [9.17, 15) is 27.9 Å². The molecule has 0 aliphatic heterocycles. The van der Waals surface area contributed by atoms with Gasteiger partial charge >= 0.3 is 12.2 Å². The molecule has 0 aromatic heterocycles. The van der Waals surface area contributed by atoms with Crippen LogP contribution in [0.15, 0.2) is 54.6 Å². The Morgan fingerprint density at radius 2 is 1.62 bits per heavy atom. The van der Waals surface area contributed by atoms with E-state index in [1.165, 1.54) is 12.1 Å². The van der Waals surface area contributed by atoms with Crippen LogP contribution >= 0.6 is 0 Å². The molecule has 2 aromatic rings. The molecule has 0 spiro atoms. The summed E-state index contributed by atoms with van der Waals surface area (Å²) in [7, 11) is 0. The van der Waals surface area contributed by atoms with Crippen LogP contribution in [-0.2, 0) is 17.4 Å². The monoisotopic (exact) mass is 409 g/mol. The average Bonchev–Trinajstić information content (AvgIpc) is 2.69. The van der Waals surface area contributed by atoms with Crippen molar-refractivity contribution in [2.45, 2.75) is 18.7 Å². The van der Waals surface area contributed by atoms with Crippen LogP contribution in [0.4, 0.5) is 18.0 Å². The molecule has 4 N–H and O–H groups in total. The number of carbonyl (C=O) groups excluding carboxylic acids is 2. The van der Waals surface area contributed by atoms with Crippen LogP contribution in [0.1, 0.15) is 22.8 Å². The molecule has 0 fully saturated rings. The van der Waals surface area contributed by atoms with E-state index < -0.39 is 23.9 Å². The SMILES string of the molecule is O=C(Cc1ccccc1)NCCNC(=O)NCC(O)c1cccc(C(F)(F)F)c1. The summed E-state index contributed by atoms with van der Waals surface area (Å²) in [6, 6.07) is 12.9. The predicted octanol–water partition coefficient (Wildman–Crippen LogP) is 2.40. The third-order valence-electron chi connectivity index (χ3n) is 3.99. The molecule has 1 unspecified atom stereocenters. The zero-order chi connectivity index (χ0) is 21.3. The summed E-state index contributed by atoms with van der Waals surface area (Å²) < 4.78 is 38.1. The molecule has 156 valence electrons. The van der Waals surface area contributed by atoms with Crippen LogP contribution < -0.4 is 16.0 Å². The van der Waals surface area contributed by atoms with E-state index in [1.54, 1.807) is 0 Å². The van der Waals surface area contributed by atoms with Gasteiger partial charge < -0.3 is 21.1 Å². The fourth-order valence-corrected chi connectivity index (χ4v) is 2.51. The molecule has 2 aromatic carbocycles. The minimum atomic E-state index is -4.51. The topological polar surface area (TPSA) is 90.5 Å². The number of aliphatic hydroxyl groups excluding tert-OH is 1. The molecule has 29 heavy (non-hydrogen) atoms. The number of urea groups is 1. The van der Waals surface area contributed by atoms with E-state index >= 15 is 0 Å². The lowest BCUT2D eigenvalue weighted by Gasteiger charge is -2.15. The summed E-state index contributed by atoms with van der Waals surface area (Å²) in [5, 5.41) is 17.5. The number of benzene rings is 2. The van der Waals surface area contributed by atoms with Crippen molar-refractivity contribution in [1.82, 2.24) is 16.0 Å². The van der Waals surface area contributed by atoms with E-state index in [1.807, 2.05) is 30.3 Å². The van der Waals surface area contributed by atoms with Gasteiger partial charge in [0.05, 0.1) is 18.1 Å². The molecule has 0 saturated carbocycles. The van der Waals surface area contributed by atoms with Gasteiger partial charge in [-0.25, -0.2) is 4.79 Å². The van der Waals surface area contributed by atoms with Crippen LogP contribution in [0.5, 0.6) is 0 Å². The molecule has 9 heteroatoms. The molecular weight excluding hydrogens is 387 g/mol. The van der Waals surface area contributed by atoms with Gasteiger partial charge in [-0.1, -0.05) is 42.5 Å². The number of hydrogen-bond donors (Lipinski definition) is 4. The van der Waals surface area contributed by atoms with Crippen molar-refractivity contribution < 1.29 is 27.9 Å². The number of amides is 3. The highest BCUT2D eigenvalue weighted by Crippen LogP contribution is 2.30. The molecule has 0 saturated heterocycles. The highest BCUT2D eigenvalue weighted by atomic mass is 19.4. The highest BCUT2D eigenvalue weighted by Gasteiger charge is 2.30. The number of aliphatic hydroxyl groups is 1.